The molecule has 6 heteroatoms. The molecular weight excluding hydrogens is 309 g/mol. The highest BCUT2D eigenvalue weighted by Gasteiger charge is 2.18. The van der Waals surface area contributed by atoms with Crippen molar-refractivity contribution < 1.29 is 14.6 Å². The van der Waals surface area contributed by atoms with E-state index in [-0.39, 0.29) is 12.2 Å². The van der Waals surface area contributed by atoms with Crippen molar-refractivity contribution in [3.63, 3.8) is 0 Å². The van der Waals surface area contributed by atoms with Crippen molar-refractivity contribution in [1.82, 2.24) is 0 Å². The van der Waals surface area contributed by atoms with Crippen LogP contribution >= 0.6 is 27.5 Å². The molecule has 1 atom stereocenters. The Morgan fingerprint density at radius 1 is 1.65 bits per heavy atom. The van der Waals surface area contributed by atoms with Gasteiger partial charge in [-0.05, 0) is 35.0 Å². The van der Waals surface area contributed by atoms with Gasteiger partial charge in [0.25, 0.3) is 0 Å². The molecule has 0 aliphatic carbocycles. The molecule has 1 rings (SSSR count). The van der Waals surface area contributed by atoms with E-state index in [0.29, 0.717) is 21.7 Å². The number of hydrogen-bond acceptors (Lipinski definition) is 4. The third-order valence-electron chi connectivity index (χ3n) is 2.15. The van der Waals surface area contributed by atoms with Gasteiger partial charge in [-0.1, -0.05) is 11.6 Å². The second-order valence-electron chi connectivity index (χ2n) is 3.44. The summed E-state index contributed by atoms with van der Waals surface area (Å²) in [7, 11) is 0. The summed E-state index contributed by atoms with van der Waals surface area (Å²) in [5.74, 6) is -0.415. The maximum absolute atomic E-state index is 11.3. The number of hydrogen-bond donors (Lipinski definition) is 2. The topological polar surface area (TPSA) is 72.5 Å². The quantitative estimate of drug-likeness (QED) is 0.836. The van der Waals surface area contributed by atoms with E-state index in [2.05, 4.69) is 15.9 Å². The standard InChI is InChI=1S/C11H13BrClNO3/c1-2-17-10(15)5-9(14)7-3-6(13)4-8(12)11(7)16/h3-4,9,16H,2,5,14H2,1H3/t9-/m1/s1. The third-order valence-corrected chi connectivity index (χ3v) is 2.97. The second-order valence-corrected chi connectivity index (χ2v) is 4.73. The van der Waals surface area contributed by atoms with Crippen LogP contribution in [0.25, 0.3) is 0 Å². The molecule has 0 spiro atoms. The Morgan fingerprint density at radius 2 is 2.29 bits per heavy atom. The number of rotatable bonds is 4. The molecule has 0 radical (unpaired) electrons. The maximum atomic E-state index is 11.3. The van der Waals surface area contributed by atoms with E-state index in [4.69, 9.17) is 22.1 Å². The third kappa shape index (κ3) is 3.87. The molecule has 0 unspecified atom stereocenters. The highest BCUT2D eigenvalue weighted by Crippen LogP contribution is 2.35. The number of benzene rings is 1. The average molecular weight is 323 g/mol. The number of halogens is 2. The number of phenols is 1. The van der Waals surface area contributed by atoms with Crippen molar-refractivity contribution in [2.75, 3.05) is 6.61 Å². The molecule has 0 aromatic heterocycles. The first-order chi connectivity index (χ1) is 7.95. The van der Waals surface area contributed by atoms with Crippen LogP contribution < -0.4 is 5.73 Å². The first-order valence-corrected chi connectivity index (χ1v) is 6.22. The molecule has 1 aromatic rings. The summed E-state index contributed by atoms with van der Waals surface area (Å²) in [6.45, 7) is 2.02. The lowest BCUT2D eigenvalue weighted by atomic mass is 10.0. The van der Waals surface area contributed by atoms with Gasteiger partial charge >= 0.3 is 5.97 Å². The lowest BCUT2D eigenvalue weighted by Crippen LogP contribution is -2.17. The minimum absolute atomic E-state index is 0.00577. The number of aromatic hydroxyl groups is 1. The van der Waals surface area contributed by atoms with Crippen LogP contribution in [0.15, 0.2) is 16.6 Å². The monoisotopic (exact) mass is 321 g/mol. The fourth-order valence-electron chi connectivity index (χ4n) is 1.38. The number of carbonyl (C=O) groups is 1. The van der Waals surface area contributed by atoms with Crippen molar-refractivity contribution in [2.45, 2.75) is 19.4 Å². The fourth-order valence-corrected chi connectivity index (χ4v) is 2.21. The van der Waals surface area contributed by atoms with E-state index in [0.717, 1.165) is 0 Å². The first kappa shape index (κ1) is 14.3. The van der Waals surface area contributed by atoms with Crippen LogP contribution in [0, 0.1) is 0 Å². The van der Waals surface area contributed by atoms with E-state index < -0.39 is 12.0 Å². The summed E-state index contributed by atoms with van der Waals surface area (Å²) < 4.78 is 5.23. The first-order valence-electron chi connectivity index (χ1n) is 5.04. The molecule has 0 aliphatic heterocycles. The average Bonchev–Trinajstić information content (AvgIpc) is 2.23. The predicted octanol–water partition coefficient (Wildman–Crippen LogP) is 2.76. The van der Waals surface area contributed by atoms with Gasteiger partial charge in [-0.2, -0.15) is 0 Å². The molecule has 0 heterocycles. The van der Waals surface area contributed by atoms with Gasteiger partial charge in [0.05, 0.1) is 17.5 Å². The molecule has 0 bridgehead atoms. The van der Waals surface area contributed by atoms with Crippen LogP contribution in [-0.2, 0) is 9.53 Å². The number of carbonyl (C=O) groups excluding carboxylic acids is 1. The Labute approximate surface area is 113 Å². The maximum Gasteiger partial charge on any atom is 0.307 e. The summed E-state index contributed by atoms with van der Waals surface area (Å²) in [5.41, 5.74) is 6.24. The van der Waals surface area contributed by atoms with Crippen LogP contribution in [0.2, 0.25) is 5.02 Å². The van der Waals surface area contributed by atoms with Crippen LogP contribution in [-0.4, -0.2) is 17.7 Å². The Hall–Kier alpha value is -0.780. The van der Waals surface area contributed by atoms with Crippen LogP contribution in [0.4, 0.5) is 0 Å². The van der Waals surface area contributed by atoms with Crippen molar-refractivity contribution in [1.29, 1.82) is 0 Å². The summed E-state index contributed by atoms with van der Waals surface area (Å²) in [4.78, 5) is 11.3. The molecule has 1 aromatic carbocycles. The number of esters is 1. The zero-order valence-electron chi connectivity index (χ0n) is 9.24. The van der Waals surface area contributed by atoms with Crippen LogP contribution in [0.1, 0.15) is 24.9 Å². The van der Waals surface area contributed by atoms with E-state index in [1.165, 1.54) is 6.07 Å². The molecule has 0 amide bonds. The Kier molecular flexibility index (Phi) is 5.24. The zero-order valence-corrected chi connectivity index (χ0v) is 11.6. The van der Waals surface area contributed by atoms with Crippen LogP contribution in [0.5, 0.6) is 5.75 Å². The summed E-state index contributed by atoms with van der Waals surface area (Å²) in [6, 6.07) is 2.44. The molecule has 0 saturated heterocycles. The van der Waals surface area contributed by atoms with Gasteiger partial charge in [0.15, 0.2) is 0 Å². The van der Waals surface area contributed by atoms with Crippen LogP contribution in [0.3, 0.4) is 0 Å². The van der Waals surface area contributed by atoms with Gasteiger partial charge in [0.1, 0.15) is 5.75 Å². The molecule has 0 saturated carbocycles. The van der Waals surface area contributed by atoms with Gasteiger partial charge in [-0.25, -0.2) is 0 Å². The summed E-state index contributed by atoms with van der Waals surface area (Å²) in [6.07, 6.45) is -0.00577. The van der Waals surface area contributed by atoms with Gasteiger partial charge in [0.2, 0.25) is 0 Å². The minimum atomic E-state index is -0.649. The van der Waals surface area contributed by atoms with Gasteiger partial charge in [0, 0.05) is 16.6 Å². The van der Waals surface area contributed by atoms with E-state index in [1.807, 2.05) is 0 Å². The largest absolute Gasteiger partial charge is 0.506 e. The molecule has 17 heavy (non-hydrogen) atoms. The normalized spacial score (nSPS) is 12.2. The van der Waals surface area contributed by atoms with E-state index >= 15 is 0 Å². The molecule has 94 valence electrons. The Morgan fingerprint density at radius 3 is 2.88 bits per heavy atom. The van der Waals surface area contributed by atoms with Gasteiger partial charge in [-0.15, -0.1) is 0 Å². The predicted molar refractivity (Wildman–Crippen MR) is 69.0 cm³/mol. The minimum Gasteiger partial charge on any atom is -0.506 e. The van der Waals surface area contributed by atoms with Gasteiger partial charge < -0.3 is 15.6 Å². The van der Waals surface area contributed by atoms with Crippen molar-refractivity contribution in [3.05, 3.63) is 27.2 Å². The number of nitrogens with two attached hydrogens (primary N) is 1. The van der Waals surface area contributed by atoms with Crippen molar-refractivity contribution >= 4 is 33.5 Å². The Bertz CT molecular complexity index is 425. The molecule has 0 fully saturated rings. The lowest BCUT2D eigenvalue weighted by Gasteiger charge is -2.14. The second kappa shape index (κ2) is 6.23. The highest BCUT2D eigenvalue weighted by atomic mass is 79.9. The van der Waals surface area contributed by atoms with Crippen molar-refractivity contribution in [3.8, 4) is 5.75 Å². The molecule has 4 nitrogen and oxygen atoms in total. The summed E-state index contributed by atoms with van der Waals surface area (Å²) in [5, 5.41) is 10.2. The fraction of sp³-hybridized carbons (Fsp3) is 0.364. The number of ether oxygens (including phenoxy) is 1. The van der Waals surface area contributed by atoms with Crippen molar-refractivity contribution in [2.24, 2.45) is 5.73 Å². The highest BCUT2D eigenvalue weighted by molar-refractivity contribution is 9.10. The summed E-state index contributed by atoms with van der Waals surface area (Å²) >= 11 is 9.01. The van der Waals surface area contributed by atoms with E-state index in [9.17, 15) is 9.90 Å². The Balaban J connectivity index is 2.88. The molecule has 0 aliphatic rings. The zero-order chi connectivity index (χ0) is 13.0. The molecule has 3 N–H and O–H groups in total. The lowest BCUT2D eigenvalue weighted by molar-refractivity contribution is -0.143. The molecular formula is C11H13BrClNO3. The van der Waals surface area contributed by atoms with Gasteiger partial charge in [-0.3, -0.25) is 4.79 Å². The SMILES string of the molecule is CCOC(=O)C[C@@H](N)c1cc(Cl)cc(Br)c1O. The number of phenolic OH excluding ortho intramolecular Hbond substituents is 1. The smallest absolute Gasteiger partial charge is 0.307 e. The van der Waals surface area contributed by atoms with E-state index in [1.54, 1.807) is 13.0 Å².